The van der Waals surface area contributed by atoms with Crippen molar-refractivity contribution in [2.45, 2.75) is 45.2 Å². The first-order valence-electron chi connectivity index (χ1n) is 9.48. The van der Waals surface area contributed by atoms with Crippen molar-refractivity contribution in [3.8, 4) is 0 Å². The number of carbonyl (C=O) groups is 2. The molecule has 0 bridgehead atoms. The number of sulfonamides is 1. The molecular formula is C21H26ClN3O4S. The summed E-state index contributed by atoms with van der Waals surface area (Å²) in [4.78, 5) is 24.5. The van der Waals surface area contributed by atoms with E-state index in [1.54, 1.807) is 69.3 Å². The van der Waals surface area contributed by atoms with Gasteiger partial charge in [-0.3, -0.25) is 9.59 Å². The molecule has 3 N–H and O–H groups in total. The minimum Gasteiger partial charge on any atom is -0.350 e. The van der Waals surface area contributed by atoms with E-state index in [1.807, 2.05) is 0 Å². The normalized spacial score (nSPS) is 12.4. The standard InChI is InChI=1S/C21H26ClN3O4S/c1-14(2)25-30(28,29)13-17-10-8-16(9-11-17)12-23-20(26)15(3)24-21(27)18-6-4-5-7-19(18)22/h4-11,14-15,25H,12-13H2,1-3H3,(H,23,26)(H,24,27)/t15-/m0/s1. The second kappa shape index (κ2) is 10.6. The zero-order valence-corrected chi connectivity index (χ0v) is 18.7. The van der Waals surface area contributed by atoms with Gasteiger partial charge in [-0.15, -0.1) is 0 Å². The number of carbonyl (C=O) groups excluding carboxylic acids is 2. The summed E-state index contributed by atoms with van der Waals surface area (Å²) in [6.45, 7) is 5.37. The minimum absolute atomic E-state index is 0.108. The van der Waals surface area contributed by atoms with Crippen LogP contribution in [0.15, 0.2) is 48.5 Å². The topological polar surface area (TPSA) is 104 Å². The monoisotopic (exact) mass is 451 g/mol. The molecule has 0 spiro atoms. The fourth-order valence-electron chi connectivity index (χ4n) is 2.70. The molecule has 2 aromatic carbocycles. The van der Waals surface area contributed by atoms with E-state index in [1.165, 1.54) is 0 Å². The predicted octanol–water partition coefficient (Wildman–Crippen LogP) is 2.60. The van der Waals surface area contributed by atoms with E-state index in [9.17, 15) is 18.0 Å². The van der Waals surface area contributed by atoms with E-state index in [-0.39, 0.29) is 24.2 Å². The number of amides is 2. The van der Waals surface area contributed by atoms with Gasteiger partial charge in [0.25, 0.3) is 5.91 Å². The van der Waals surface area contributed by atoms with Crippen molar-refractivity contribution in [2.75, 3.05) is 0 Å². The number of hydrogen-bond donors (Lipinski definition) is 3. The summed E-state index contributed by atoms with van der Waals surface area (Å²) < 4.78 is 26.5. The van der Waals surface area contributed by atoms with Gasteiger partial charge in [0, 0.05) is 12.6 Å². The number of halogens is 1. The van der Waals surface area contributed by atoms with Crippen LogP contribution in [-0.4, -0.2) is 32.3 Å². The highest BCUT2D eigenvalue weighted by molar-refractivity contribution is 7.88. The molecule has 0 fully saturated rings. The van der Waals surface area contributed by atoms with Crippen LogP contribution in [0.2, 0.25) is 5.02 Å². The largest absolute Gasteiger partial charge is 0.350 e. The summed E-state index contributed by atoms with van der Waals surface area (Å²) in [6, 6.07) is 12.6. The van der Waals surface area contributed by atoms with Crippen molar-refractivity contribution < 1.29 is 18.0 Å². The maximum atomic E-state index is 12.3. The van der Waals surface area contributed by atoms with Gasteiger partial charge in [-0.2, -0.15) is 0 Å². The van der Waals surface area contributed by atoms with Crippen LogP contribution < -0.4 is 15.4 Å². The molecule has 2 aromatic rings. The third-order valence-electron chi connectivity index (χ3n) is 4.12. The molecule has 0 aliphatic rings. The van der Waals surface area contributed by atoms with Crippen molar-refractivity contribution in [3.05, 3.63) is 70.2 Å². The SMILES string of the molecule is CC(C)NS(=O)(=O)Cc1ccc(CNC(=O)[C@H](C)NC(=O)c2ccccc2Cl)cc1. The zero-order valence-electron chi connectivity index (χ0n) is 17.1. The lowest BCUT2D eigenvalue weighted by molar-refractivity contribution is -0.122. The van der Waals surface area contributed by atoms with Gasteiger partial charge in [0.2, 0.25) is 15.9 Å². The second-order valence-corrected chi connectivity index (χ2v) is 9.40. The highest BCUT2D eigenvalue weighted by Crippen LogP contribution is 2.14. The van der Waals surface area contributed by atoms with Crippen LogP contribution in [-0.2, 0) is 27.1 Å². The smallest absolute Gasteiger partial charge is 0.253 e. The molecule has 0 radical (unpaired) electrons. The van der Waals surface area contributed by atoms with E-state index >= 15 is 0 Å². The summed E-state index contributed by atoms with van der Waals surface area (Å²) in [5.41, 5.74) is 1.76. The van der Waals surface area contributed by atoms with Crippen LogP contribution in [0.5, 0.6) is 0 Å². The maximum absolute atomic E-state index is 12.3. The van der Waals surface area contributed by atoms with Crippen molar-refractivity contribution >= 4 is 33.4 Å². The first-order valence-corrected chi connectivity index (χ1v) is 11.5. The van der Waals surface area contributed by atoms with E-state index in [4.69, 9.17) is 11.6 Å². The van der Waals surface area contributed by atoms with Crippen LogP contribution >= 0.6 is 11.6 Å². The number of rotatable bonds is 9. The van der Waals surface area contributed by atoms with Crippen LogP contribution in [0.4, 0.5) is 0 Å². The van der Waals surface area contributed by atoms with E-state index in [0.29, 0.717) is 16.1 Å². The third kappa shape index (κ3) is 7.44. The molecule has 30 heavy (non-hydrogen) atoms. The fraction of sp³-hybridized carbons (Fsp3) is 0.333. The number of benzene rings is 2. The first kappa shape index (κ1) is 23.9. The van der Waals surface area contributed by atoms with Crippen molar-refractivity contribution in [1.29, 1.82) is 0 Å². The van der Waals surface area contributed by atoms with Gasteiger partial charge in [0.15, 0.2) is 0 Å². The van der Waals surface area contributed by atoms with Crippen LogP contribution in [0, 0.1) is 0 Å². The van der Waals surface area contributed by atoms with Gasteiger partial charge in [0.05, 0.1) is 16.3 Å². The maximum Gasteiger partial charge on any atom is 0.253 e. The number of hydrogen-bond acceptors (Lipinski definition) is 4. The van der Waals surface area contributed by atoms with Gasteiger partial charge >= 0.3 is 0 Å². The van der Waals surface area contributed by atoms with Crippen LogP contribution in [0.1, 0.15) is 42.3 Å². The fourth-order valence-corrected chi connectivity index (χ4v) is 4.36. The Morgan fingerprint density at radius 1 is 0.967 bits per heavy atom. The van der Waals surface area contributed by atoms with Crippen LogP contribution in [0.25, 0.3) is 0 Å². The molecule has 0 aromatic heterocycles. The third-order valence-corrected chi connectivity index (χ3v) is 5.99. The van der Waals surface area contributed by atoms with Gasteiger partial charge in [0.1, 0.15) is 6.04 Å². The molecule has 0 aliphatic heterocycles. The number of nitrogens with one attached hydrogen (secondary N) is 3. The average molecular weight is 452 g/mol. The molecule has 0 aliphatic carbocycles. The lowest BCUT2D eigenvalue weighted by Gasteiger charge is -2.15. The molecule has 0 unspecified atom stereocenters. The van der Waals surface area contributed by atoms with Crippen molar-refractivity contribution in [3.63, 3.8) is 0 Å². The van der Waals surface area contributed by atoms with Crippen LogP contribution in [0.3, 0.4) is 0 Å². The molecule has 2 rings (SSSR count). The Morgan fingerprint density at radius 3 is 2.17 bits per heavy atom. The molecule has 0 heterocycles. The molecular weight excluding hydrogens is 426 g/mol. The van der Waals surface area contributed by atoms with E-state index in [2.05, 4.69) is 15.4 Å². The Balaban J connectivity index is 1.87. The van der Waals surface area contributed by atoms with E-state index < -0.39 is 22.0 Å². The molecule has 162 valence electrons. The minimum atomic E-state index is -3.39. The lowest BCUT2D eigenvalue weighted by Crippen LogP contribution is -2.44. The van der Waals surface area contributed by atoms with E-state index in [0.717, 1.165) is 5.56 Å². The van der Waals surface area contributed by atoms with Gasteiger partial charge in [-0.1, -0.05) is 48.0 Å². The molecule has 1 atom stereocenters. The molecule has 0 saturated carbocycles. The molecule has 9 heteroatoms. The van der Waals surface area contributed by atoms with Gasteiger partial charge in [-0.25, -0.2) is 13.1 Å². The van der Waals surface area contributed by atoms with Gasteiger partial charge in [-0.05, 0) is 44.0 Å². The Bertz CT molecular complexity index is 992. The second-order valence-electron chi connectivity index (χ2n) is 7.24. The zero-order chi connectivity index (χ0) is 22.3. The molecule has 7 nitrogen and oxygen atoms in total. The quantitative estimate of drug-likeness (QED) is 0.545. The predicted molar refractivity (Wildman–Crippen MR) is 118 cm³/mol. The average Bonchev–Trinajstić information content (AvgIpc) is 2.66. The summed E-state index contributed by atoms with van der Waals surface area (Å²) >= 11 is 6.00. The molecule has 2 amide bonds. The Morgan fingerprint density at radius 2 is 1.57 bits per heavy atom. The summed E-state index contributed by atoms with van der Waals surface area (Å²) in [5.74, 6) is -0.879. The lowest BCUT2D eigenvalue weighted by atomic mass is 10.1. The highest BCUT2D eigenvalue weighted by Gasteiger charge is 2.18. The van der Waals surface area contributed by atoms with Crippen molar-refractivity contribution in [2.24, 2.45) is 0 Å². The Labute approximate surface area is 182 Å². The summed E-state index contributed by atoms with van der Waals surface area (Å²) in [5, 5.41) is 5.67. The highest BCUT2D eigenvalue weighted by atomic mass is 35.5. The first-order chi connectivity index (χ1) is 14.1. The molecule has 0 saturated heterocycles. The Hall–Kier alpha value is -2.42. The summed E-state index contributed by atoms with van der Waals surface area (Å²) in [6.07, 6.45) is 0. The van der Waals surface area contributed by atoms with Gasteiger partial charge < -0.3 is 10.6 Å². The Kier molecular flexibility index (Phi) is 8.40. The summed E-state index contributed by atoms with van der Waals surface area (Å²) in [7, 11) is -3.39. The van der Waals surface area contributed by atoms with Crippen molar-refractivity contribution in [1.82, 2.24) is 15.4 Å².